The molecule has 4 heterocycles. The van der Waals surface area contributed by atoms with Gasteiger partial charge in [0.15, 0.2) is 9.74 Å². The van der Waals surface area contributed by atoms with Gasteiger partial charge in [-0.3, -0.25) is 9.59 Å². The van der Waals surface area contributed by atoms with Gasteiger partial charge in [0, 0.05) is 13.5 Å². The van der Waals surface area contributed by atoms with Crippen LogP contribution in [0.1, 0.15) is 49.4 Å². The standard InChI is InChI=1S/C20H21N3O2S2/c1-18(11-21)10-20-17(25)22(3)19(2,26-27-20)16(24)23(20)15(18)14-8-7-12-5-4-6-13(12)9-14/h7-9,15H,4-6,10H2,1-3H3/t15-,18+,19-,20?/m0/s1. The Kier molecular flexibility index (Phi) is 3.38. The van der Waals surface area contributed by atoms with Crippen molar-refractivity contribution in [3.63, 3.8) is 0 Å². The first kappa shape index (κ1) is 17.4. The van der Waals surface area contributed by atoms with E-state index in [1.165, 1.54) is 32.7 Å². The summed E-state index contributed by atoms with van der Waals surface area (Å²) in [6.45, 7) is 3.72. The van der Waals surface area contributed by atoms with Crippen molar-refractivity contribution in [2.45, 2.75) is 55.3 Å². The van der Waals surface area contributed by atoms with Crippen molar-refractivity contribution in [3.8, 4) is 6.07 Å². The minimum absolute atomic E-state index is 0.0570. The van der Waals surface area contributed by atoms with E-state index < -0.39 is 21.2 Å². The van der Waals surface area contributed by atoms with Crippen molar-refractivity contribution in [3.05, 3.63) is 34.9 Å². The predicted octanol–water partition coefficient (Wildman–Crippen LogP) is 3.26. The molecular weight excluding hydrogens is 378 g/mol. The molecule has 1 aromatic rings. The Morgan fingerprint density at radius 1 is 1.15 bits per heavy atom. The molecule has 5 aliphatic rings. The summed E-state index contributed by atoms with van der Waals surface area (Å²) in [7, 11) is 4.63. The van der Waals surface area contributed by atoms with Gasteiger partial charge >= 0.3 is 0 Å². The smallest absolute Gasteiger partial charge is 0.261 e. The van der Waals surface area contributed by atoms with Crippen LogP contribution in [-0.4, -0.2) is 38.4 Å². The molecule has 5 nitrogen and oxygen atoms in total. The van der Waals surface area contributed by atoms with Crippen LogP contribution in [0.15, 0.2) is 18.2 Å². The summed E-state index contributed by atoms with van der Waals surface area (Å²) in [5.41, 5.74) is 2.87. The Bertz CT molecular complexity index is 944. The number of benzene rings is 1. The zero-order valence-electron chi connectivity index (χ0n) is 15.6. The molecule has 1 aromatic carbocycles. The molecule has 4 fully saturated rings. The number of likely N-dealkylation sites (N-methyl/N-ethyl adjacent to an activating group) is 1. The molecule has 2 bridgehead atoms. The quantitative estimate of drug-likeness (QED) is 0.678. The van der Waals surface area contributed by atoms with Gasteiger partial charge in [0.25, 0.3) is 11.8 Å². The van der Waals surface area contributed by atoms with Gasteiger partial charge in [-0.05, 0) is 49.8 Å². The minimum Gasteiger partial charge on any atom is -0.319 e. The van der Waals surface area contributed by atoms with E-state index in [2.05, 4.69) is 24.3 Å². The third-order valence-electron chi connectivity index (χ3n) is 6.79. The second kappa shape index (κ2) is 5.24. The largest absolute Gasteiger partial charge is 0.319 e. The summed E-state index contributed by atoms with van der Waals surface area (Å²) in [4.78, 5) is 28.3. The van der Waals surface area contributed by atoms with Crippen molar-refractivity contribution < 1.29 is 9.59 Å². The lowest BCUT2D eigenvalue weighted by molar-refractivity contribution is -0.164. The zero-order chi connectivity index (χ0) is 19.2. The Balaban J connectivity index is 1.71. The van der Waals surface area contributed by atoms with E-state index in [9.17, 15) is 14.9 Å². The number of nitrogens with zero attached hydrogens (tertiary/aromatic N) is 3. The Morgan fingerprint density at radius 3 is 2.63 bits per heavy atom. The minimum atomic E-state index is -0.984. The number of carbonyl (C=O) groups is 2. The van der Waals surface area contributed by atoms with Crippen LogP contribution in [0.3, 0.4) is 0 Å². The molecule has 4 saturated heterocycles. The molecule has 4 aliphatic heterocycles. The molecule has 27 heavy (non-hydrogen) atoms. The number of fused-ring (bicyclic) bond motifs is 3. The molecule has 1 unspecified atom stereocenters. The number of rotatable bonds is 1. The number of amides is 2. The third-order valence-corrected chi connectivity index (χ3v) is 10.5. The highest BCUT2D eigenvalue weighted by Crippen LogP contribution is 2.69. The van der Waals surface area contributed by atoms with E-state index in [1.54, 1.807) is 16.8 Å². The second-order valence-corrected chi connectivity index (χ2v) is 11.3. The van der Waals surface area contributed by atoms with Gasteiger partial charge < -0.3 is 9.80 Å². The average Bonchev–Trinajstić information content (AvgIpc) is 3.23. The Hall–Kier alpha value is -1.65. The highest BCUT2D eigenvalue weighted by Gasteiger charge is 2.74. The highest BCUT2D eigenvalue weighted by atomic mass is 33.1. The maximum absolute atomic E-state index is 13.6. The highest BCUT2D eigenvalue weighted by molar-refractivity contribution is 8.78. The summed E-state index contributed by atoms with van der Waals surface area (Å²) >= 11 is 0. The number of hydrogen-bond donors (Lipinski definition) is 0. The molecule has 0 N–H and O–H groups in total. The maximum atomic E-state index is 13.6. The van der Waals surface area contributed by atoms with Gasteiger partial charge in [-0.15, -0.1) is 0 Å². The average molecular weight is 400 g/mol. The summed E-state index contributed by atoms with van der Waals surface area (Å²) in [5, 5.41) is 10.1. The van der Waals surface area contributed by atoms with Gasteiger partial charge in [-0.2, -0.15) is 5.26 Å². The first-order valence-corrected chi connectivity index (χ1v) is 11.4. The number of nitriles is 1. The Labute approximate surface area is 166 Å². The van der Waals surface area contributed by atoms with Crippen LogP contribution >= 0.6 is 21.6 Å². The lowest BCUT2D eigenvalue weighted by atomic mass is 9.79. The van der Waals surface area contributed by atoms with Crippen LogP contribution in [0.5, 0.6) is 0 Å². The maximum Gasteiger partial charge on any atom is 0.261 e. The molecule has 0 aromatic heterocycles. The molecule has 6 rings (SSSR count). The van der Waals surface area contributed by atoms with E-state index in [0.717, 1.165) is 24.8 Å². The van der Waals surface area contributed by atoms with Crippen LogP contribution < -0.4 is 0 Å². The van der Waals surface area contributed by atoms with Gasteiger partial charge in [-0.1, -0.05) is 39.8 Å². The van der Waals surface area contributed by atoms with Crippen LogP contribution in [0.4, 0.5) is 0 Å². The third kappa shape index (κ3) is 1.93. The second-order valence-electron chi connectivity index (χ2n) is 8.46. The monoisotopic (exact) mass is 399 g/mol. The predicted molar refractivity (Wildman–Crippen MR) is 105 cm³/mol. The molecule has 7 heteroatoms. The van der Waals surface area contributed by atoms with E-state index >= 15 is 0 Å². The van der Waals surface area contributed by atoms with E-state index in [-0.39, 0.29) is 11.8 Å². The fourth-order valence-corrected chi connectivity index (χ4v) is 8.76. The first-order chi connectivity index (χ1) is 12.8. The topological polar surface area (TPSA) is 64.4 Å². The van der Waals surface area contributed by atoms with Crippen molar-refractivity contribution in [2.75, 3.05) is 7.05 Å². The summed E-state index contributed by atoms with van der Waals surface area (Å²) in [6, 6.07) is 8.45. The molecule has 2 amide bonds. The Morgan fingerprint density at radius 2 is 1.89 bits per heavy atom. The lowest BCUT2D eigenvalue weighted by Gasteiger charge is -2.57. The zero-order valence-corrected chi connectivity index (χ0v) is 17.2. The molecule has 140 valence electrons. The molecule has 1 aliphatic carbocycles. The summed E-state index contributed by atoms with van der Waals surface area (Å²) in [6.07, 6.45) is 3.65. The van der Waals surface area contributed by atoms with Gasteiger partial charge in [-0.25, -0.2) is 0 Å². The number of aryl methyl sites for hydroxylation is 2. The van der Waals surface area contributed by atoms with Crippen LogP contribution in [0.25, 0.3) is 0 Å². The molecular formula is C20H21N3O2S2. The van der Waals surface area contributed by atoms with E-state index in [4.69, 9.17) is 0 Å². The fraction of sp³-hybridized carbons (Fsp3) is 0.550. The SMILES string of the molecule is CN1C(=O)C23C[C@](C)(C#N)[C@H](c4ccc5c(c4)CCC5)N2C(=O)[C@]1(C)SS3. The number of hydrogen-bond acceptors (Lipinski definition) is 5. The van der Waals surface area contributed by atoms with E-state index in [0.29, 0.717) is 6.42 Å². The van der Waals surface area contributed by atoms with Gasteiger partial charge in [0.05, 0.1) is 17.5 Å². The molecule has 0 radical (unpaired) electrons. The number of piperazine rings is 1. The van der Waals surface area contributed by atoms with E-state index in [1.807, 2.05) is 13.8 Å². The lowest BCUT2D eigenvalue weighted by Crippen LogP contribution is -2.73. The van der Waals surface area contributed by atoms with Crippen LogP contribution in [-0.2, 0) is 22.4 Å². The molecule has 0 saturated carbocycles. The summed E-state index contributed by atoms with van der Waals surface area (Å²) in [5.74, 6) is -0.115. The van der Waals surface area contributed by atoms with Crippen LogP contribution in [0.2, 0.25) is 0 Å². The normalized spacial score (nSPS) is 39.6. The van der Waals surface area contributed by atoms with Gasteiger partial charge in [0.1, 0.15) is 0 Å². The van der Waals surface area contributed by atoms with Crippen molar-refractivity contribution >= 4 is 33.4 Å². The fourth-order valence-electron chi connectivity index (χ4n) is 5.18. The molecule has 4 atom stereocenters. The van der Waals surface area contributed by atoms with Gasteiger partial charge in [0.2, 0.25) is 0 Å². The number of carbonyl (C=O) groups excluding carboxylic acids is 2. The van der Waals surface area contributed by atoms with Crippen molar-refractivity contribution in [1.29, 1.82) is 5.26 Å². The van der Waals surface area contributed by atoms with Crippen molar-refractivity contribution in [1.82, 2.24) is 9.80 Å². The first-order valence-electron chi connectivity index (χ1n) is 9.29. The molecule has 1 spiro atoms. The summed E-state index contributed by atoms with van der Waals surface area (Å²) < 4.78 is 0. The van der Waals surface area contributed by atoms with Crippen molar-refractivity contribution in [2.24, 2.45) is 5.41 Å². The van der Waals surface area contributed by atoms with Crippen LogP contribution in [0, 0.1) is 16.7 Å².